The predicted molar refractivity (Wildman–Crippen MR) is 67.2 cm³/mol. The molecule has 0 fully saturated rings. The summed E-state index contributed by atoms with van der Waals surface area (Å²) >= 11 is 0. The van der Waals surface area contributed by atoms with E-state index in [1.54, 1.807) is 6.92 Å². The number of carbonyl (C=O) groups is 1. The Bertz CT molecular complexity index is 590. The van der Waals surface area contributed by atoms with Crippen LogP contribution in [0.15, 0.2) is 23.1 Å². The standard InChI is InChI=1S/C11H12ClF2NO3S/c1-7-3-4-9(19(12,17)18)8(5-7)11(16)15(2)6-10(13)14/h3-5,10H,6H2,1-2H3. The molecule has 0 N–H and O–H groups in total. The van der Waals surface area contributed by atoms with Crippen LogP contribution in [0.2, 0.25) is 0 Å². The normalized spacial score (nSPS) is 11.7. The summed E-state index contributed by atoms with van der Waals surface area (Å²) in [5, 5.41) is 0. The van der Waals surface area contributed by atoms with Gasteiger partial charge in [0.15, 0.2) is 0 Å². The Balaban J connectivity index is 3.26. The molecule has 0 heterocycles. The molecule has 0 saturated heterocycles. The van der Waals surface area contributed by atoms with Crippen molar-refractivity contribution in [3.05, 3.63) is 29.3 Å². The van der Waals surface area contributed by atoms with E-state index in [1.807, 2.05) is 0 Å². The lowest BCUT2D eigenvalue weighted by molar-refractivity contribution is 0.0617. The first-order chi connectivity index (χ1) is 8.62. The zero-order chi connectivity index (χ0) is 14.8. The maximum absolute atomic E-state index is 12.2. The minimum atomic E-state index is -4.12. The zero-order valence-electron chi connectivity index (χ0n) is 10.2. The van der Waals surface area contributed by atoms with Gasteiger partial charge in [0, 0.05) is 17.7 Å². The van der Waals surface area contributed by atoms with Crippen LogP contribution >= 0.6 is 10.7 Å². The van der Waals surface area contributed by atoms with Crippen molar-refractivity contribution in [1.82, 2.24) is 4.90 Å². The van der Waals surface area contributed by atoms with Gasteiger partial charge in [-0.3, -0.25) is 4.79 Å². The molecule has 4 nitrogen and oxygen atoms in total. The van der Waals surface area contributed by atoms with E-state index in [0.29, 0.717) is 5.56 Å². The highest BCUT2D eigenvalue weighted by molar-refractivity contribution is 8.13. The lowest BCUT2D eigenvalue weighted by Crippen LogP contribution is -2.32. The summed E-state index contributed by atoms with van der Waals surface area (Å²) in [4.78, 5) is 12.3. The van der Waals surface area contributed by atoms with Crippen LogP contribution in [0.4, 0.5) is 8.78 Å². The van der Waals surface area contributed by atoms with E-state index < -0.39 is 27.9 Å². The Morgan fingerprint density at radius 3 is 2.47 bits per heavy atom. The van der Waals surface area contributed by atoms with E-state index >= 15 is 0 Å². The van der Waals surface area contributed by atoms with Crippen molar-refractivity contribution in [3.63, 3.8) is 0 Å². The molecule has 0 unspecified atom stereocenters. The lowest BCUT2D eigenvalue weighted by Gasteiger charge is -2.18. The van der Waals surface area contributed by atoms with Gasteiger partial charge in [-0.2, -0.15) is 0 Å². The van der Waals surface area contributed by atoms with Gasteiger partial charge in [-0.05, 0) is 19.1 Å². The fourth-order valence-corrected chi connectivity index (χ4v) is 2.56. The highest BCUT2D eigenvalue weighted by Crippen LogP contribution is 2.22. The van der Waals surface area contributed by atoms with Crippen LogP contribution in [0, 0.1) is 6.92 Å². The first-order valence-corrected chi connectivity index (χ1v) is 7.52. The Morgan fingerprint density at radius 1 is 1.42 bits per heavy atom. The van der Waals surface area contributed by atoms with Crippen molar-refractivity contribution in [2.45, 2.75) is 18.2 Å². The molecule has 0 atom stereocenters. The van der Waals surface area contributed by atoms with Gasteiger partial charge in [-0.25, -0.2) is 17.2 Å². The molecule has 0 aliphatic carbocycles. The summed E-state index contributed by atoms with van der Waals surface area (Å²) in [5.41, 5.74) is 0.413. The third kappa shape index (κ3) is 4.14. The maximum atomic E-state index is 12.2. The van der Waals surface area contributed by atoms with Crippen LogP contribution in [0.3, 0.4) is 0 Å². The number of carbonyl (C=O) groups excluding carboxylic acids is 1. The minimum absolute atomic E-state index is 0.210. The SMILES string of the molecule is Cc1ccc(S(=O)(=O)Cl)c(C(=O)N(C)CC(F)F)c1. The van der Waals surface area contributed by atoms with E-state index in [-0.39, 0.29) is 10.5 Å². The van der Waals surface area contributed by atoms with Crippen LogP contribution < -0.4 is 0 Å². The van der Waals surface area contributed by atoms with Gasteiger partial charge >= 0.3 is 0 Å². The second-order valence-corrected chi connectivity index (χ2v) is 6.55. The fourth-order valence-electron chi connectivity index (χ4n) is 1.52. The molecule has 1 aromatic rings. The second kappa shape index (κ2) is 5.83. The lowest BCUT2D eigenvalue weighted by atomic mass is 10.1. The molecule has 0 aliphatic rings. The Hall–Kier alpha value is -1.21. The van der Waals surface area contributed by atoms with Gasteiger partial charge in [0.05, 0.1) is 17.0 Å². The molecule has 106 valence electrons. The van der Waals surface area contributed by atoms with Crippen molar-refractivity contribution in [3.8, 4) is 0 Å². The van der Waals surface area contributed by atoms with Crippen molar-refractivity contribution >= 4 is 25.6 Å². The number of halogens is 3. The number of benzene rings is 1. The average molecular weight is 312 g/mol. The third-order valence-electron chi connectivity index (χ3n) is 2.39. The minimum Gasteiger partial charge on any atom is -0.336 e. The largest absolute Gasteiger partial charge is 0.336 e. The molecule has 1 aromatic carbocycles. The Kier molecular flexibility index (Phi) is 4.86. The molecular formula is C11H12ClF2NO3S. The number of rotatable bonds is 4. The summed E-state index contributed by atoms with van der Waals surface area (Å²) in [6, 6.07) is 3.96. The van der Waals surface area contributed by atoms with Gasteiger partial charge in [0.2, 0.25) is 0 Å². The Morgan fingerprint density at radius 2 is 2.00 bits per heavy atom. The molecular weight excluding hydrogens is 300 g/mol. The molecule has 1 rings (SSSR count). The third-order valence-corrected chi connectivity index (χ3v) is 3.77. The van der Waals surface area contributed by atoms with Crippen molar-refractivity contribution in [2.24, 2.45) is 0 Å². The van der Waals surface area contributed by atoms with E-state index in [9.17, 15) is 22.0 Å². The molecule has 0 bridgehead atoms. The van der Waals surface area contributed by atoms with Crippen LogP contribution in [-0.4, -0.2) is 39.2 Å². The monoisotopic (exact) mass is 311 g/mol. The zero-order valence-corrected chi connectivity index (χ0v) is 11.8. The molecule has 8 heteroatoms. The van der Waals surface area contributed by atoms with Crippen LogP contribution in [0.1, 0.15) is 15.9 Å². The van der Waals surface area contributed by atoms with Crippen LogP contribution in [-0.2, 0) is 9.05 Å². The predicted octanol–water partition coefficient (Wildman–Crippen LogP) is 2.26. The van der Waals surface area contributed by atoms with E-state index in [1.165, 1.54) is 25.2 Å². The number of hydrogen-bond donors (Lipinski definition) is 0. The summed E-state index contributed by atoms with van der Waals surface area (Å²) in [5.74, 6) is -0.816. The highest BCUT2D eigenvalue weighted by Gasteiger charge is 2.24. The Labute approximate surface area is 114 Å². The van der Waals surface area contributed by atoms with Gasteiger partial charge in [0.25, 0.3) is 21.4 Å². The molecule has 19 heavy (non-hydrogen) atoms. The van der Waals surface area contributed by atoms with Gasteiger partial charge in [-0.1, -0.05) is 11.6 Å². The summed E-state index contributed by atoms with van der Waals surface area (Å²) in [7, 11) is 2.27. The van der Waals surface area contributed by atoms with Crippen molar-refractivity contribution in [2.75, 3.05) is 13.6 Å². The van der Waals surface area contributed by atoms with E-state index in [0.717, 1.165) is 4.90 Å². The van der Waals surface area contributed by atoms with Gasteiger partial charge in [0.1, 0.15) is 0 Å². The number of alkyl halides is 2. The molecule has 0 aliphatic heterocycles. The fraction of sp³-hybridized carbons (Fsp3) is 0.364. The number of amides is 1. The topological polar surface area (TPSA) is 54.5 Å². The summed E-state index contributed by atoms with van der Waals surface area (Å²) in [6.45, 7) is 0.864. The first-order valence-electron chi connectivity index (χ1n) is 5.22. The number of hydrogen-bond acceptors (Lipinski definition) is 3. The molecule has 0 aromatic heterocycles. The molecule has 1 amide bonds. The van der Waals surface area contributed by atoms with E-state index in [2.05, 4.69) is 0 Å². The quantitative estimate of drug-likeness (QED) is 0.802. The van der Waals surface area contributed by atoms with Gasteiger partial charge < -0.3 is 4.90 Å². The van der Waals surface area contributed by atoms with E-state index in [4.69, 9.17) is 10.7 Å². The van der Waals surface area contributed by atoms with Gasteiger partial charge in [-0.15, -0.1) is 0 Å². The maximum Gasteiger partial charge on any atom is 0.262 e. The first kappa shape index (κ1) is 15.8. The summed E-state index contributed by atoms with van der Waals surface area (Å²) in [6.07, 6.45) is -2.70. The highest BCUT2D eigenvalue weighted by atomic mass is 35.7. The average Bonchev–Trinajstić information content (AvgIpc) is 2.25. The number of nitrogens with zero attached hydrogens (tertiary/aromatic N) is 1. The molecule has 0 radical (unpaired) electrons. The van der Waals surface area contributed by atoms with Crippen molar-refractivity contribution < 1.29 is 22.0 Å². The van der Waals surface area contributed by atoms with Crippen molar-refractivity contribution in [1.29, 1.82) is 0 Å². The molecule has 0 saturated carbocycles. The van der Waals surface area contributed by atoms with Crippen LogP contribution in [0.25, 0.3) is 0 Å². The smallest absolute Gasteiger partial charge is 0.262 e. The summed E-state index contributed by atoms with van der Waals surface area (Å²) < 4.78 is 47.2. The number of aryl methyl sites for hydroxylation is 1. The van der Waals surface area contributed by atoms with Crippen LogP contribution in [0.5, 0.6) is 0 Å². The molecule has 0 spiro atoms. The second-order valence-electron chi connectivity index (χ2n) is 4.01.